The average Bonchev–Trinajstić information content (AvgIpc) is 2.58. The molecule has 1 heterocycles. The third-order valence-electron chi connectivity index (χ3n) is 5.18. The van der Waals surface area contributed by atoms with Crippen molar-refractivity contribution in [3.63, 3.8) is 0 Å². The number of carbonyl (C=O) groups is 2. The van der Waals surface area contributed by atoms with E-state index in [1.807, 2.05) is 19.1 Å². The highest BCUT2D eigenvalue weighted by atomic mass is 16.5. The van der Waals surface area contributed by atoms with Crippen LogP contribution in [0, 0.1) is 0 Å². The third kappa shape index (κ3) is 3.56. The van der Waals surface area contributed by atoms with Gasteiger partial charge in [0, 0.05) is 22.3 Å². The standard InChI is InChI=1S/C22H26O5/c1-13-18(23)15-7-8-16-14(17(15)19(24)20(13)26-5)9-12-22(4,27-16)11-6-10-21(2,3)25/h7-9,12,25H,6,10-11H2,1-5H3/t22-/m1/s1. The number of carbonyl (C=O) groups excluding carboxylic acids is 2. The van der Waals surface area contributed by atoms with E-state index in [2.05, 4.69) is 0 Å². The van der Waals surface area contributed by atoms with Gasteiger partial charge in [-0.25, -0.2) is 0 Å². The van der Waals surface area contributed by atoms with Gasteiger partial charge in [0.25, 0.3) is 0 Å². The molecule has 1 N–H and O–H groups in total. The predicted molar refractivity (Wildman–Crippen MR) is 103 cm³/mol. The van der Waals surface area contributed by atoms with Crippen molar-refractivity contribution in [1.29, 1.82) is 0 Å². The lowest BCUT2D eigenvalue weighted by Crippen LogP contribution is -2.34. The fourth-order valence-corrected chi connectivity index (χ4v) is 3.67. The summed E-state index contributed by atoms with van der Waals surface area (Å²) in [4.78, 5) is 25.5. The number of ketones is 2. The Morgan fingerprint density at radius 2 is 1.93 bits per heavy atom. The maximum atomic E-state index is 12.9. The van der Waals surface area contributed by atoms with Crippen LogP contribution in [0.4, 0.5) is 0 Å². The highest BCUT2D eigenvalue weighted by molar-refractivity contribution is 6.27. The van der Waals surface area contributed by atoms with E-state index in [1.54, 1.807) is 32.9 Å². The second kappa shape index (κ2) is 6.64. The first-order valence-electron chi connectivity index (χ1n) is 9.18. The molecule has 1 aromatic rings. The molecular formula is C22H26O5. The number of ether oxygens (including phenoxy) is 2. The van der Waals surface area contributed by atoms with Crippen LogP contribution in [0.3, 0.4) is 0 Å². The maximum absolute atomic E-state index is 12.9. The predicted octanol–water partition coefficient (Wildman–Crippen LogP) is 4.09. The van der Waals surface area contributed by atoms with Gasteiger partial charge in [-0.15, -0.1) is 0 Å². The molecule has 5 nitrogen and oxygen atoms in total. The normalized spacial score (nSPS) is 21.7. The Hall–Kier alpha value is -2.40. The Labute approximate surface area is 159 Å². The van der Waals surface area contributed by atoms with Crippen LogP contribution < -0.4 is 4.74 Å². The number of rotatable bonds is 5. The summed E-state index contributed by atoms with van der Waals surface area (Å²) in [5.41, 5.74) is 0.439. The monoisotopic (exact) mass is 370 g/mol. The van der Waals surface area contributed by atoms with Crippen molar-refractivity contribution < 1.29 is 24.2 Å². The summed E-state index contributed by atoms with van der Waals surface area (Å²) in [6, 6.07) is 3.41. The fraction of sp³-hybridized carbons (Fsp3) is 0.455. The van der Waals surface area contributed by atoms with Crippen molar-refractivity contribution in [3.8, 4) is 5.75 Å². The van der Waals surface area contributed by atoms with Gasteiger partial charge in [0.05, 0.1) is 12.7 Å². The topological polar surface area (TPSA) is 72.8 Å². The van der Waals surface area contributed by atoms with Crippen LogP contribution in [0.2, 0.25) is 0 Å². The molecular weight excluding hydrogens is 344 g/mol. The first-order valence-corrected chi connectivity index (χ1v) is 9.18. The van der Waals surface area contributed by atoms with E-state index in [-0.39, 0.29) is 17.3 Å². The molecule has 0 amide bonds. The Kier molecular flexibility index (Phi) is 4.76. The van der Waals surface area contributed by atoms with Crippen LogP contribution in [0.1, 0.15) is 73.2 Å². The summed E-state index contributed by atoms with van der Waals surface area (Å²) in [5.74, 6) is 0.183. The van der Waals surface area contributed by atoms with Crippen molar-refractivity contribution in [2.45, 2.75) is 58.2 Å². The molecule has 1 aromatic carbocycles. The van der Waals surface area contributed by atoms with E-state index in [9.17, 15) is 14.7 Å². The molecule has 0 saturated heterocycles. The SMILES string of the molecule is COC1=C(C)C(=O)c2ccc3c(c2C1=O)C=C[C@@](C)(CCCC(C)(C)O)O3. The summed E-state index contributed by atoms with van der Waals surface area (Å²) in [7, 11) is 1.40. The van der Waals surface area contributed by atoms with Crippen LogP contribution in [-0.2, 0) is 4.74 Å². The Morgan fingerprint density at radius 1 is 1.22 bits per heavy atom. The lowest BCUT2D eigenvalue weighted by Gasteiger charge is -2.34. The average molecular weight is 370 g/mol. The van der Waals surface area contributed by atoms with E-state index in [1.165, 1.54) is 7.11 Å². The number of fused-ring (bicyclic) bond motifs is 3. The van der Waals surface area contributed by atoms with Gasteiger partial charge in [-0.3, -0.25) is 9.59 Å². The number of hydrogen-bond acceptors (Lipinski definition) is 5. The van der Waals surface area contributed by atoms with Crippen LogP contribution >= 0.6 is 0 Å². The molecule has 27 heavy (non-hydrogen) atoms. The van der Waals surface area contributed by atoms with Gasteiger partial charge < -0.3 is 14.6 Å². The smallest absolute Gasteiger partial charge is 0.229 e. The Balaban J connectivity index is 1.93. The molecule has 3 rings (SSSR count). The molecule has 0 unspecified atom stereocenters. The summed E-state index contributed by atoms with van der Waals surface area (Å²) in [6.07, 6.45) is 6.00. The summed E-state index contributed by atoms with van der Waals surface area (Å²) in [5, 5.41) is 9.90. The van der Waals surface area contributed by atoms with Crippen LogP contribution in [0.5, 0.6) is 5.75 Å². The maximum Gasteiger partial charge on any atom is 0.229 e. The van der Waals surface area contributed by atoms with E-state index >= 15 is 0 Å². The minimum Gasteiger partial charge on any atom is -0.492 e. The Bertz CT molecular complexity index is 869. The van der Waals surface area contributed by atoms with Crippen molar-refractivity contribution >= 4 is 17.6 Å². The molecule has 0 aromatic heterocycles. The first kappa shape index (κ1) is 19.4. The molecule has 1 atom stereocenters. The zero-order valence-corrected chi connectivity index (χ0v) is 16.5. The molecule has 0 bridgehead atoms. The van der Waals surface area contributed by atoms with Crippen LogP contribution in [-0.4, -0.2) is 35.0 Å². The van der Waals surface area contributed by atoms with Gasteiger partial charge in [-0.1, -0.05) is 6.08 Å². The largest absolute Gasteiger partial charge is 0.492 e. The molecule has 0 fully saturated rings. The van der Waals surface area contributed by atoms with Gasteiger partial charge in [0.1, 0.15) is 11.4 Å². The van der Waals surface area contributed by atoms with Gasteiger partial charge in [-0.2, -0.15) is 0 Å². The number of allylic oxidation sites excluding steroid dienone is 2. The number of methoxy groups -OCH3 is 1. The molecule has 2 aliphatic rings. The molecule has 144 valence electrons. The lowest BCUT2D eigenvalue weighted by molar-refractivity contribution is 0.0575. The number of benzene rings is 1. The quantitative estimate of drug-likeness (QED) is 0.845. The van der Waals surface area contributed by atoms with Crippen molar-refractivity contribution in [2.24, 2.45) is 0 Å². The second-order valence-electron chi connectivity index (χ2n) is 8.13. The number of Topliss-reactive ketones (excluding diaryl/α,β-unsaturated/α-hetero) is 2. The third-order valence-corrected chi connectivity index (χ3v) is 5.18. The molecule has 0 spiro atoms. The molecule has 1 aliphatic heterocycles. The van der Waals surface area contributed by atoms with Crippen molar-refractivity contribution in [2.75, 3.05) is 7.11 Å². The zero-order chi connectivity index (χ0) is 20.0. The molecule has 0 radical (unpaired) electrons. The second-order valence-corrected chi connectivity index (χ2v) is 8.13. The van der Waals surface area contributed by atoms with Crippen molar-refractivity contribution in [1.82, 2.24) is 0 Å². The number of aliphatic hydroxyl groups is 1. The summed E-state index contributed by atoms with van der Waals surface area (Å²) < 4.78 is 11.4. The lowest BCUT2D eigenvalue weighted by atomic mass is 9.83. The highest BCUT2D eigenvalue weighted by Gasteiger charge is 2.36. The molecule has 1 aliphatic carbocycles. The van der Waals surface area contributed by atoms with Crippen LogP contribution in [0.15, 0.2) is 29.5 Å². The van der Waals surface area contributed by atoms with Gasteiger partial charge in [0.15, 0.2) is 11.5 Å². The van der Waals surface area contributed by atoms with E-state index in [0.717, 1.165) is 12.8 Å². The number of hydrogen-bond donors (Lipinski definition) is 1. The highest BCUT2D eigenvalue weighted by Crippen LogP contribution is 2.40. The fourth-order valence-electron chi connectivity index (χ4n) is 3.67. The summed E-state index contributed by atoms with van der Waals surface area (Å²) in [6.45, 7) is 7.17. The van der Waals surface area contributed by atoms with E-state index in [4.69, 9.17) is 9.47 Å². The van der Waals surface area contributed by atoms with E-state index in [0.29, 0.717) is 34.4 Å². The molecule has 5 heteroatoms. The van der Waals surface area contributed by atoms with Gasteiger partial charge in [0.2, 0.25) is 5.78 Å². The summed E-state index contributed by atoms with van der Waals surface area (Å²) >= 11 is 0. The molecule has 0 saturated carbocycles. The minimum atomic E-state index is -0.709. The van der Waals surface area contributed by atoms with Crippen LogP contribution in [0.25, 0.3) is 6.08 Å². The van der Waals surface area contributed by atoms with Gasteiger partial charge in [-0.05, 0) is 65.2 Å². The van der Waals surface area contributed by atoms with E-state index < -0.39 is 11.2 Å². The van der Waals surface area contributed by atoms with Crippen molar-refractivity contribution in [3.05, 3.63) is 46.2 Å². The van der Waals surface area contributed by atoms with Gasteiger partial charge >= 0.3 is 0 Å². The Morgan fingerprint density at radius 3 is 2.56 bits per heavy atom. The first-order chi connectivity index (χ1) is 12.6. The minimum absolute atomic E-state index is 0.0906. The zero-order valence-electron chi connectivity index (χ0n) is 16.5.